The largest absolute Gasteiger partial charge is 0.487 e. The molecule has 0 aromatic heterocycles. The molecule has 0 saturated heterocycles. The van der Waals surface area contributed by atoms with Gasteiger partial charge in [0.1, 0.15) is 19.4 Å². The molecule has 1 unspecified atom stereocenters. The van der Waals surface area contributed by atoms with Crippen LogP contribution < -0.4 is 20.1 Å². The van der Waals surface area contributed by atoms with Crippen molar-refractivity contribution in [2.24, 2.45) is 10.7 Å². The highest BCUT2D eigenvalue weighted by atomic mass is 16.5. The zero-order chi connectivity index (χ0) is 20.6. The van der Waals surface area contributed by atoms with Crippen molar-refractivity contribution in [1.82, 2.24) is 0 Å². The van der Waals surface area contributed by atoms with Gasteiger partial charge < -0.3 is 29.6 Å². The van der Waals surface area contributed by atoms with E-state index < -0.39 is 6.17 Å². The van der Waals surface area contributed by atoms with Crippen LogP contribution in [0.5, 0.6) is 11.5 Å². The van der Waals surface area contributed by atoms with Gasteiger partial charge in [-0.2, -0.15) is 0 Å². The lowest BCUT2D eigenvalue weighted by atomic mass is 10.1. The van der Waals surface area contributed by atoms with Crippen LogP contribution in [0.4, 0.5) is 11.4 Å². The smallest absolute Gasteiger partial charge is 0.163 e. The number of anilines is 1. The van der Waals surface area contributed by atoms with Crippen LogP contribution in [0.25, 0.3) is 0 Å². The van der Waals surface area contributed by atoms with Crippen molar-refractivity contribution in [3.8, 4) is 23.8 Å². The molecule has 0 fully saturated rings. The van der Waals surface area contributed by atoms with E-state index in [1.807, 2.05) is 41.3 Å². The minimum absolute atomic E-state index is 0.391. The van der Waals surface area contributed by atoms with Crippen LogP contribution in [0.1, 0.15) is 17.3 Å². The van der Waals surface area contributed by atoms with Gasteiger partial charge in [0, 0.05) is 37.1 Å². The maximum Gasteiger partial charge on any atom is 0.163 e. The van der Waals surface area contributed by atoms with Gasteiger partial charge in [0.25, 0.3) is 0 Å². The Morgan fingerprint density at radius 3 is 2.38 bits per heavy atom. The van der Waals surface area contributed by atoms with Gasteiger partial charge in [0.05, 0.1) is 25.2 Å². The van der Waals surface area contributed by atoms with Crippen molar-refractivity contribution in [2.45, 2.75) is 6.17 Å². The van der Waals surface area contributed by atoms with Gasteiger partial charge in [-0.25, -0.2) is 4.99 Å². The molecule has 29 heavy (non-hydrogen) atoms. The molecular formula is C22H25N3O4. The Labute approximate surface area is 171 Å². The Morgan fingerprint density at radius 2 is 1.72 bits per heavy atom. The van der Waals surface area contributed by atoms with Crippen LogP contribution in [-0.2, 0) is 9.47 Å². The predicted molar refractivity (Wildman–Crippen MR) is 113 cm³/mol. The fourth-order valence-corrected chi connectivity index (χ4v) is 2.94. The number of benzene rings is 2. The molecule has 152 valence electrons. The zero-order valence-electron chi connectivity index (χ0n) is 16.6. The second kappa shape index (κ2) is 9.94. The molecule has 1 atom stereocenters. The van der Waals surface area contributed by atoms with Crippen molar-refractivity contribution in [3.63, 3.8) is 0 Å². The predicted octanol–water partition coefficient (Wildman–Crippen LogP) is 2.86. The van der Waals surface area contributed by atoms with E-state index >= 15 is 0 Å². The minimum Gasteiger partial charge on any atom is -0.487 e. The lowest BCUT2D eigenvalue weighted by Gasteiger charge is -2.32. The summed E-state index contributed by atoms with van der Waals surface area (Å²) >= 11 is 0. The van der Waals surface area contributed by atoms with Gasteiger partial charge >= 0.3 is 0 Å². The zero-order valence-corrected chi connectivity index (χ0v) is 16.6. The van der Waals surface area contributed by atoms with E-state index in [2.05, 4.69) is 10.9 Å². The molecule has 2 aromatic rings. The monoisotopic (exact) mass is 395 g/mol. The molecule has 0 saturated carbocycles. The van der Waals surface area contributed by atoms with Gasteiger partial charge in [0.2, 0.25) is 0 Å². The van der Waals surface area contributed by atoms with Crippen LogP contribution in [0.3, 0.4) is 0 Å². The summed E-state index contributed by atoms with van der Waals surface area (Å²) in [5.74, 6) is 3.81. The van der Waals surface area contributed by atoms with E-state index in [1.54, 1.807) is 20.6 Å². The summed E-state index contributed by atoms with van der Waals surface area (Å²) in [4.78, 5) is 6.43. The standard InChI is InChI=1S/C22H25N3O4/c1-4-16-6-5-7-17(12-16)25-15-24-19-14-21(29-11-9-27-3)20(28-10-8-26-2)13-18(19)22(25)23/h1,5-7,12-15,22H,8-11,23H2,2-3H3. The third-order valence-corrected chi connectivity index (χ3v) is 4.43. The van der Waals surface area contributed by atoms with Gasteiger partial charge in [-0.3, -0.25) is 0 Å². The number of fused-ring (bicyclic) bond motifs is 1. The number of nitrogens with zero attached hydrogens (tertiary/aromatic N) is 2. The SMILES string of the molecule is C#Cc1cccc(N2C=Nc3cc(OCCOC)c(OCCOC)cc3C2N)c1. The molecule has 1 aliphatic heterocycles. The van der Waals surface area contributed by atoms with E-state index in [9.17, 15) is 0 Å². The summed E-state index contributed by atoms with van der Waals surface area (Å²) in [5.41, 5.74) is 9.75. The third kappa shape index (κ3) is 4.87. The van der Waals surface area contributed by atoms with Crippen molar-refractivity contribution >= 4 is 17.7 Å². The van der Waals surface area contributed by atoms with Crippen LogP contribution >= 0.6 is 0 Å². The lowest BCUT2D eigenvalue weighted by Crippen LogP contribution is -2.35. The maximum absolute atomic E-state index is 6.55. The fraction of sp³-hybridized carbons (Fsp3) is 0.318. The first kappa shape index (κ1) is 20.7. The van der Waals surface area contributed by atoms with E-state index in [1.165, 1.54) is 0 Å². The summed E-state index contributed by atoms with van der Waals surface area (Å²) < 4.78 is 21.8. The number of terminal acetylenes is 1. The van der Waals surface area contributed by atoms with E-state index in [4.69, 9.17) is 31.1 Å². The number of aliphatic imine (C=N–C) groups is 1. The number of hydrogen-bond donors (Lipinski definition) is 1. The Morgan fingerprint density at radius 1 is 1.03 bits per heavy atom. The first-order chi connectivity index (χ1) is 14.2. The first-order valence-corrected chi connectivity index (χ1v) is 9.24. The van der Waals surface area contributed by atoms with Crippen molar-refractivity contribution in [3.05, 3.63) is 47.5 Å². The second-order valence-electron chi connectivity index (χ2n) is 6.33. The van der Waals surface area contributed by atoms with Gasteiger partial charge in [-0.15, -0.1) is 6.42 Å². The summed E-state index contributed by atoms with van der Waals surface area (Å²) in [6, 6.07) is 11.3. The fourth-order valence-electron chi connectivity index (χ4n) is 2.94. The van der Waals surface area contributed by atoms with E-state index in [-0.39, 0.29) is 0 Å². The molecule has 0 aliphatic carbocycles. The molecule has 2 N–H and O–H groups in total. The van der Waals surface area contributed by atoms with Crippen molar-refractivity contribution < 1.29 is 18.9 Å². The Kier molecular flexibility index (Phi) is 7.09. The molecule has 1 heterocycles. The number of hydrogen-bond acceptors (Lipinski definition) is 7. The van der Waals surface area contributed by atoms with Crippen LogP contribution in [-0.4, -0.2) is 47.0 Å². The molecule has 0 bridgehead atoms. The van der Waals surface area contributed by atoms with Crippen LogP contribution in [0, 0.1) is 12.3 Å². The summed E-state index contributed by atoms with van der Waals surface area (Å²) in [7, 11) is 3.25. The Balaban J connectivity index is 1.91. The molecule has 0 spiro atoms. The lowest BCUT2D eigenvalue weighted by molar-refractivity contribution is 0.132. The number of nitrogens with two attached hydrogens (primary N) is 1. The topological polar surface area (TPSA) is 78.5 Å². The highest BCUT2D eigenvalue weighted by Crippen LogP contribution is 2.41. The summed E-state index contributed by atoms with van der Waals surface area (Å²) in [5, 5.41) is 0. The Bertz CT molecular complexity index is 907. The molecule has 0 amide bonds. The van der Waals surface area contributed by atoms with Crippen LogP contribution in [0.2, 0.25) is 0 Å². The van der Waals surface area contributed by atoms with E-state index in [0.29, 0.717) is 37.9 Å². The van der Waals surface area contributed by atoms with Gasteiger partial charge in [-0.1, -0.05) is 12.0 Å². The Hall–Kier alpha value is -3.05. The average Bonchev–Trinajstić information content (AvgIpc) is 2.75. The van der Waals surface area contributed by atoms with Gasteiger partial charge in [0.15, 0.2) is 11.5 Å². The molecule has 1 aliphatic rings. The molecule has 7 nitrogen and oxygen atoms in total. The van der Waals surface area contributed by atoms with Crippen molar-refractivity contribution in [2.75, 3.05) is 45.5 Å². The van der Waals surface area contributed by atoms with Gasteiger partial charge in [-0.05, 0) is 24.3 Å². The quantitative estimate of drug-likeness (QED) is 0.520. The summed E-state index contributed by atoms with van der Waals surface area (Å²) in [6.45, 7) is 1.72. The highest BCUT2D eigenvalue weighted by Gasteiger charge is 2.25. The third-order valence-electron chi connectivity index (χ3n) is 4.43. The molecular weight excluding hydrogens is 370 g/mol. The second-order valence-corrected chi connectivity index (χ2v) is 6.33. The first-order valence-electron chi connectivity index (χ1n) is 9.24. The average molecular weight is 395 g/mol. The number of methoxy groups -OCH3 is 2. The summed E-state index contributed by atoms with van der Waals surface area (Å²) in [6.07, 6.45) is 6.77. The maximum atomic E-state index is 6.55. The normalized spacial score (nSPS) is 15.0. The molecule has 2 aromatic carbocycles. The minimum atomic E-state index is -0.451. The number of rotatable bonds is 9. The molecule has 7 heteroatoms. The van der Waals surface area contributed by atoms with E-state index in [0.717, 1.165) is 22.5 Å². The highest BCUT2D eigenvalue weighted by molar-refractivity contribution is 5.86. The molecule has 3 rings (SSSR count). The number of ether oxygens (including phenoxy) is 4. The molecule has 0 radical (unpaired) electrons. The van der Waals surface area contributed by atoms with Crippen molar-refractivity contribution in [1.29, 1.82) is 0 Å². The van der Waals surface area contributed by atoms with Crippen LogP contribution in [0.15, 0.2) is 41.4 Å².